The Bertz CT molecular complexity index is 487. The van der Waals surface area contributed by atoms with E-state index in [-0.39, 0.29) is 29.1 Å². The van der Waals surface area contributed by atoms with Crippen molar-refractivity contribution in [2.24, 2.45) is 0 Å². The Morgan fingerprint density at radius 1 is 1.58 bits per heavy atom. The average molecular weight is 268 g/mol. The molecule has 0 aromatic heterocycles. The number of carboxylic acids is 1. The van der Waals surface area contributed by atoms with Crippen molar-refractivity contribution in [2.75, 3.05) is 17.7 Å². The fourth-order valence-corrected chi connectivity index (χ4v) is 2.16. The first-order valence-electron chi connectivity index (χ1n) is 6.21. The molecule has 0 heterocycles. The van der Waals surface area contributed by atoms with Crippen molar-refractivity contribution >= 4 is 17.3 Å². The first-order chi connectivity index (χ1) is 9.01. The van der Waals surface area contributed by atoms with Gasteiger partial charge in [0.1, 0.15) is 5.82 Å². The van der Waals surface area contributed by atoms with E-state index in [1.807, 2.05) is 6.92 Å². The summed E-state index contributed by atoms with van der Waals surface area (Å²) in [6, 6.07) is 2.38. The van der Waals surface area contributed by atoms with Crippen molar-refractivity contribution in [3.05, 3.63) is 23.5 Å². The van der Waals surface area contributed by atoms with Crippen LogP contribution in [0.25, 0.3) is 0 Å². The van der Waals surface area contributed by atoms with Crippen LogP contribution in [0.2, 0.25) is 0 Å². The van der Waals surface area contributed by atoms with Gasteiger partial charge in [0.25, 0.3) is 0 Å². The number of anilines is 2. The maximum Gasteiger partial charge on any atom is 0.337 e. The van der Waals surface area contributed by atoms with Crippen LogP contribution in [0.1, 0.15) is 30.1 Å². The molecule has 0 spiro atoms. The third kappa shape index (κ3) is 2.96. The number of ether oxygens (including phenoxy) is 1. The highest BCUT2D eigenvalue weighted by Gasteiger charge is 2.30. The molecule has 0 radical (unpaired) electrons. The van der Waals surface area contributed by atoms with E-state index in [1.54, 1.807) is 0 Å². The van der Waals surface area contributed by atoms with Gasteiger partial charge in [-0.05, 0) is 31.9 Å². The molecule has 1 fully saturated rings. The fraction of sp³-hybridized carbons (Fsp3) is 0.462. The van der Waals surface area contributed by atoms with E-state index in [1.165, 1.54) is 6.07 Å². The quantitative estimate of drug-likeness (QED) is 0.712. The standard InChI is InChI=1S/C13H17FN2O3/c1-2-19-8-3-7(4-8)16-12-5-9(13(17)18)11(15)6-10(12)14/h5-8,16H,2-4,15H2,1H3,(H,17,18). The lowest BCUT2D eigenvalue weighted by molar-refractivity contribution is 0.00292. The van der Waals surface area contributed by atoms with Crippen LogP contribution in [-0.2, 0) is 4.74 Å². The number of nitrogens with one attached hydrogen (secondary N) is 1. The molecule has 1 aliphatic carbocycles. The molecule has 19 heavy (non-hydrogen) atoms. The Kier molecular flexibility index (Phi) is 3.90. The van der Waals surface area contributed by atoms with Gasteiger partial charge in [0, 0.05) is 18.3 Å². The number of nitrogens with two attached hydrogens (primary N) is 1. The van der Waals surface area contributed by atoms with Crippen LogP contribution in [0, 0.1) is 5.82 Å². The molecule has 0 atom stereocenters. The average Bonchev–Trinajstić information content (AvgIpc) is 2.28. The van der Waals surface area contributed by atoms with Gasteiger partial charge in [-0.15, -0.1) is 0 Å². The minimum atomic E-state index is -1.17. The van der Waals surface area contributed by atoms with E-state index in [0.29, 0.717) is 6.61 Å². The summed E-state index contributed by atoms with van der Waals surface area (Å²) in [5.41, 5.74) is 5.47. The van der Waals surface area contributed by atoms with Gasteiger partial charge < -0.3 is 20.9 Å². The molecule has 5 nitrogen and oxygen atoms in total. The zero-order valence-corrected chi connectivity index (χ0v) is 10.6. The van der Waals surface area contributed by atoms with Gasteiger partial charge in [-0.3, -0.25) is 0 Å². The minimum absolute atomic E-state index is 0.0728. The molecule has 0 aliphatic heterocycles. The lowest BCUT2D eigenvalue weighted by atomic mass is 9.89. The number of rotatable bonds is 5. The molecule has 1 aromatic carbocycles. The number of hydrogen-bond acceptors (Lipinski definition) is 4. The molecule has 4 N–H and O–H groups in total. The molecule has 1 aliphatic rings. The van der Waals surface area contributed by atoms with Crippen LogP contribution in [0.3, 0.4) is 0 Å². The molecule has 0 saturated heterocycles. The fourth-order valence-electron chi connectivity index (χ4n) is 2.16. The highest BCUT2D eigenvalue weighted by molar-refractivity contribution is 5.94. The summed E-state index contributed by atoms with van der Waals surface area (Å²) in [4.78, 5) is 10.9. The van der Waals surface area contributed by atoms with Gasteiger partial charge in [-0.1, -0.05) is 0 Å². The van der Waals surface area contributed by atoms with Gasteiger partial charge in [0.15, 0.2) is 0 Å². The third-order valence-electron chi connectivity index (χ3n) is 3.23. The normalized spacial score (nSPS) is 21.8. The molecule has 1 aromatic rings. The predicted molar refractivity (Wildman–Crippen MR) is 69.8 cm³/mol. The second kappa shape index (κ2) is 5.44. The number of nitrogen functional groups attached to an aromatic ring is 1. The molecular formula is C13H17FN2O3. The minimum Gasteiger partial charge on any atom is -0.478 e. The summed E-state index contributed by atoms with van der Waals surface area (Å²) in [6.07, 6.45) is 1.79. The van der Waals surface area contributed by atoms with E-state index in [0.717, 1.165) is 18.9 Å². The van der Waals surface area contributed by atoms with Crippen molar-refractivity contribution < 1.29 is 19.0 Å². The monoisotopic (exact) mass is 268 g/mol. The van der Waals surface area contributed by atoms with Crippen LogP contribution in [0.4, 0.5) is 15.8 Å². The maximum atomic E-state index is 13.7. The molecule has 0 amide bonds. The van der Waals surface area contributed by atoms with Gasteiger partial charge in [0.2, 0.25) is 0 Å². The number of halogens is 1. The third-order valence-corrected chi connectivity index (χ3v) is 3.23. The Morgan fingerprint density at radius 3 is 2.84 bits per heavy atom. The van der Waals surface area contributed by atoms with Crippen LogP contribution in [0.15, 0.2) is 12.1 Å². The molecule has 1 saturated carbocycles. The van der Waals surface area contributed by atoms with Crippen molar-refractivity contribution in [1.29, 1.82) is 0 Å². The van der Waals surface area contributed by atoms with Gasteiger partial charge in [-0.2, -0.15) is 0 Å². The largest absolute Gasteiger partial charge is 0.478 e. The zero-order chi connectivity index (χ0) is 14.0. The summed E-state index contributed by atoms with van der Waals surface area (Å²) in [5.74, 6) is -1.70. The first kappa shape index (κ1) is 13.6. The predicted octanol–water partition coefficient (Wildman–Crippen LogP) is 2.09. The van der Waals surface area contributed by atoms with Crippen LogP contribution >= 0.6 is 0 Å². The summed E-state index contributed by atoms with van der Waals surface area (Å²) in [5, 5.41) is 11.9. The number of benzene rings is 1. The van der Waals surface area contributed by atoms with Crippen LogP contribution in [-0.4, -0.2) is 29.8 Å². The van der Waals surface area contributed by atoms with E-state index in [4.69, 9.17) is 15.6 Å². The Morgan fingerprint density at radius 2 is 2.26 bits per heavy atom. The summed E-state index contributed by atoms with van der Waals surface area (Å²) in [6.45, 7) is 2.59. The first-order valence-corrected chi connectivity index (χ1v) is 6.21. The summed E-state index contributed by atoms with van der Waals surface area (Å²) < 4.78 is 19.1. The molecule has 0 unspecified atom stereocenters. The molecule has 0 bridgehead atoms. The Balaban J connectivity index is 2.05. The van der Waals surface area contributed by atoms with Gasteiger partial charge in [-0.25, -0.2) is 9.18 Å². The topological polar surface area (TPSA) is 84.6 Å². The zero-order valence-electron chi connectivity index (χ0n) is 10.6. The number of carboxylic acid groups (broad SMARTS) is 1. The van der Waals surface area contributed by atoms with Crippen molar-refractivity contribution in [3.63, 3.8) is 0 Å². The van der Waals surface area contributed by atoms with Crippen molar-refractivity contribution in [3.8, 4) is 0 Å². The van der Waals surface area contributed by atoms with Crippen LogP contribution in [0.5, 0.6) is 0 Å². The number of hydrogen-bond donors (Lipinski definition) is 3. The lowest BCUT2D eigenvalue weighted by Gasteiger charge is -2.36. The van der Waals surface area contributed by atoms with E-state index < -0.39 is 11.8 Å². The number of aromatic carboxylic acids is 1. The Hall–Kier alpha value is -1.82. The molecule has 2 rings (SSSR count). The second-order valence-electron chi connectivity index (χ2n) is 4.61. The highest BCUT2D eigenvalue weighted by atomic mass is 19.1. The number of carbonyl (C=O) groups is 1. The van der Waals surface area contributed by atoms with Gasteiger partial charge in [0.05, 0.1) is 17.4 Å². The van der Waals surface area contributed by atoms with Crippen molar-refractivity contribution in [2.45, 2.75) is 31.9 Å². The van der Waals surface area contributed by atoms with Gasteiger partial charge >= 0.3 is 5.97 Å². The second-order valence-corrected chi connectivity index (χ2v) is 4.61. The lowest BCUT2D eigenvalue weighted by Crippen LogP contribution is -2.41. The van der Waals surface area contributed by atoms with Crippen molar-refractivity contribution in [1.82, 2.24) is 0 Å². The van der Waals surface area contributed by atoms with E-state index in [2.05, 4.69) is 5.32 Å². The molecule has 6 heteroatoms. The highest BCUT2D eigenvalue weighted by Crippen LogP contribution is 2.29. The molecular weight excluding hydrogens is 251 g/mol. The molecule has 104 valence electrons. The van der Waals surface area contributed by atoms with E-state index >= 15 is 0 Å². The maximum absolute atomic E-state index is 13.7. The van der Waals surface area contributed by atoms with E-state index in [9.17, 15) is 9.18 Å². The van der Waals surface area contributed by atoms with Crippen LogP contribution < -0.4 is 11.1 Å². The smallest absolute Gasteiger partial charge is 0.337 e. The summed E-state index contributed by atoms with van der Waals surface area (Å²) in [7, 11) is 0. The summed E-state index contributed by atoms with van der Waals surface area (Å²) >= 11 is 0. The Labute approximate surface area is 110 Å². The SMILES string of the molecule is CCOC1CC(Nc2cc(C(=O)O)c(N)cc2F)C1.